The highest BCUT2D eigenvalue weighted by atomic mass is 32.2. The van der Waals surface area contributed by atoms with E-state index in [0.29, 0.717) is 5.57 Å². The van der Waals surface area contributed by atoms with E-state index in [-0.39, 0.29) is 46.5 Å². The van der Waals surface area contributed by atoms with Crippen molar-refractivity contribution in [2.45, 2.75) is 49.6 Å². The number of urea groups is 1. The zero-order valence-corrected chi connectivity index (χ0v) is 19.8. The molecule has 0 bridgehead atoms. The second-order valence-corrected chi connectivity index (χ2v) is 9.56. The number of anilines is 1. The van der Waals surface area contributed by atoms with Gasteiger partial charge in [-0.05, 0) is 88.0 Å². The Balaban J connectivity index is 1.80. The van der Waals surface area contributed by atoms with Gasteiger partial charge in [0.2, 0.25) is 5.91 Å². The minimum atomic E-state index is -4.44. The summed E-state index contributed by atoms with van der Waals surface area (Å²) in [5, 5.41) is 2.70. The Bertz CT molecular complexity index is 1060. The summed E-state index contributed by atoms with van der Waals surface area (Å²) < 4.78 is 37.8. The van der Waals surface area contributed by atoms with Crippen molar-refractivity contribution in [2.24, 2.45) is 10.9 Å². The Morgan fingerprint density at radius 2 is 1.88 bits per heavy atom. The van der Waals surface area contributed by atoms with Crippen LogP contribution in [0.1, 0.15) is 33.6 Å². The number of carbonyl (C=O) groups excluding carboxylic acids is 3. The molecule has 182 valence electrons. The molecule has 1 N–H and O–H groups in total. The smallest absolute Gasteiger partial charge is 0.310 e. The molecule has 1 aromatic carbocycles. The molecule has 1 heterocycles. The SMILES string of the molecule is C=N/C(=C\C(=C/C)CN1C(=O)N(c2ccc(SC(F)(F)F)cc2)C(=O)C1(C)C)NC(=O)C1CC1. The first-order valence-electron chi connectivity index (χ1n) is 10.5. The standard InChI is InChI=1S/C23H25F3N4O3S/c1-5-14(12-18(27-4)28-19(31)15-6-7-15)13-29-21(33)30(20(32)22(29,2)3)16-8-10-17(11-9-16)34-23(24,25)26/h5,8-12,15H,4,6-7,13H2,1-3H3,(H,28,31)/b14-5+,18-12+. The number of amides is 4. The van der Waals surface area contributed by atoms with Gasteiger partial charge in [-0.2, -0.15) is 13.2 Å². The molecule has 0 aromatic heterocycles. The van der Waals surface area contributed by atoms with Crippen molar-refractivity contribution in [3.8, 4) is 0 Å². The number of nitrogens with one attached hydrogen (secondary N) is 1. The van der Waals surface area contributed by atoms with Gasteiger partial charge in [-0.15, -0.1) is 0 Å². The molecule has 0 unspecified atom stereocenters. The Hall–Kier alpha value is -3.08. The highest BCUT2D eigenvalue weighted by molar-refractivity contribution is 8.00. The number of imide groups is 1. The van der Waals surface area contributed by atoms with Crippen molar-refractivity contribution in [1.29, 1.82) is 0 Å². The van der Waals surface area contributed by atoms with Crippen LogP contribution in [-0.2, 0) is 9.59 Å². The number of aliphatic imine (C=N–C) groups is 1. The normalized spacial score (nSPS) is 19.0. The van der Waals surface area contributed by atoms with Crippen LogP contribution < -0.4 is 10.2 Å². The molecule has 2 aliphatic rings. The molecule has 4 amide bonds. The van der Waals surface area contributed by atoms with Gasteiger partial charge >= 0.3 is 11.5 Å². The lowest BCUT2D eigenvalue weighted by Gasteiger charge is -2.28. The first kappa shape index (κ1) is 25.5. The number of carbonyl (C=O) groups is 3. The Morgan fingerprint density at radius 1 is 1.26 bits per heavy atom. The first-order chi connectivity index (χ1) is 15.9. The summed E-state index contributed by atoms with van der Waals surface area (Å²) in [6.07, 6.45) is 4.98. The largest absolute Gasteiger partial charge is 0.446 e. The molecular weight excluding hydrogens is 469 g/mol. The van der Waals surface area contributed by atoms with Crippen molar-refractivity contribution < 1.29 is 27.6 Å². The van der Waals surface area contributed by atoms with Gasteiger partial charge in [0.15, 0.2) is 0 Å². The molecule has 3 rings (SSSR count). The van der Waals surface area contributed by atoms with Crippen LogP contribution >= 0.6 is 11.8 Å². The Labute approximate surface area is 199 Å². The summed E-state index contributed by atoms with van der Waals surface area (Å²) in [7, 11) is 0. The molecule has 1 saturated heterocycles. The van der Waals surface area contributed by atoms with Crippen molar-refractivity contribution in [1.82, 2.24) is 10.2 Å². The van der Waals surface area contributed by atoms with E-state index in [2.05, 4.69) is 17.0 Å². The van der Waals surface area contributed by atoms with E-state index in [1.807, 2.05) is 0 Å². The van der Waals surface area contributed by atoms with E-state index < -0.39 is 23.0 Å². The molecule has 1 aromatic rings. The zero-order chi connectivity index (χ0) is 25.3. The lowest BCUT2D eigenvalue weighted by atomic mass is 10.0. The predicted molar refractivity (Wildman–Crippen MR) is 124 cm³/mol. The zero-order valence-electron chi connectivity index (χ0n) is 19.0. The van der Waals surface area contributed by atoms with Gasteiger partial charge < -0.3 is 10.2 Å². The van der Waals surface area contributed by atoms with Crippen LogP contribution in [0.25, 0.3) is 0 Å². The van der Waals surface area contributed by atoms with Gasteiger partial charge in [-0.1, -0.05) is 6.08 Å². The van der Waals surface area contributed by atoms with Crippen LogP contribution in [0.4, 0.5) is 23.7 Å². The van der Waals surface area contributed by atoms with Gasteiger partial charge in [-0.25, -0.2) is 14.7 Å². The lowest BCUT2D eigenvalue weighted by Crippen LogP contribution is -2.45. The van der Waals surface area contributed by atoms with Crippen LogP contribution in [0.3, 0.4) is 0 Å². The van der Waals surface area contributed by atoms with Crippen LogP contribution in [-0.4, -0.2) is 47.1 Å². The predicted octanol–water partition coefficient (Wildman–Crippen LogP) is 4.86. The Kier molecular flexibility index (Phi) is 7.25. The highest BCUT2D eigenvalue weighted by Gasteiger charge is 2.51. The number of rotatable bonds is 8. The van der Waals surface area contributed by atoms with E-state index in [1.165, 1.54) is 29.2 Å². The summed E-state index contributed by atoms with van der Waals surface area (Å²) in [6.45, 7) is 8.46. The molecule has 0 radical (unpaired) electrons. The summed E-state index contributed by atoms with van der Waals surface area (Å²) in [5.74, 6) is -0.418. The fourth-order valence-corrected chi connectivity index (χ4v) is 3.94. The number of halogens is 3. The maximum atomic E-state index is 13.2. The highest BCUT2D eigenvalue weighted by Crippen LogP contribution is 2.38. The molecule has 1 aliphatic carbocycles. The van der Waals surface area contributed by atoms with E-state index in [4.69, 9.17) is 0 Å². The van der Waals surface area contributed by atoms with Crippen LogP contribution in [0.5, 0.6) is 0 Å². The van der Waals surface area contributed by atoms with Gasteiger partial charge in [-0.3, -0.25) is 9.59 Å². The monoisotopic (exact) mass is 494 g/mol. The van der Waals surface area contributed by atoms with Crippen LogP contribution in [0, 0.1) is 5.92 Å². The lowest BCUT2D eigenvalue weighted by molar-refractivity contribution is -0.123. The molecular formula is C23H25F3N4O3S. The topological polar surface area (TPSA) is 82.1 Å². The quantitative estimate of drug-likeness (QED) is 0.242. The molecule has 11 heteroatoms. The molecule has 34 heavy (non-hydrogen) atoms. The van der Waals surface area contributed by atoms with E-state index in [9.17, 15) is 27.6 Å². The van der Waals surface area contributed by atoms with E-state index >= 15 is 0 Å². The Morgan fingerprint density at radius 3 is 2.38 bits per heavy atom. The third kappa shape index (κ3) is 5.69. The number of thioether (sulfide) groups is 1. The second kappa shape index (κ2) is 9.65. The van der Waals surface area contributed by atoms with Crippen molar-refractivity contribution in [3.63, 3.8) is 0 Å². The number of hydrogen-bond acceptors (Lipinski definition) is 5. The van der Waals surface area contributed by atoms with Crippen molar-refractivity contribution in [2.75, 3.05) is 11.4 Å². The molecule has 7 nitrogen and oxygen atoms in total. The van der Waals surface area contributed by atoms with E-state index in [0.717, 1.165) is 17.7 Å². The minimum absolute atomic E-state index is 0.0228. The summed E-state index contributed by atoms with van der Waals surface area (Å²) in [5.41, 5.74) is -4.85. The number of nitrogens with zero attached hydrogens (tertiary/aromatic N) is 3. The van der Waals surface area contributed by atoms with E-state index in [1.54, 1.807) is 32.9 Å². The number of alkyl halides is 3. The average Bonchev–Trinajstić information content (AvgIpc) is 3.58. The molecule has 2 fully saturated rings. The van der Waals surface area contributed by atoms with Gasteiger partial charge in [0.25, 0.3) is 5.91 Å². The molecule has 1 saturated carbocycles. The summed E-state index contributed by atoms with van der Waals surface area (Å²) >= 11 is -0.274. The maximum Gasteiger partial charge on any atom is 0.446 e. The third-order valence-corrected chi connectivity index (χ3v) is 6.29. The second-order valence-electron chi connectivity index (χ2n) is 8.42. The van der Waals surface area contributed by atoms with Gasteiger partial charge in [0.05, 0.1) is 5.69 Å². The number of benzene rings is 1. The fourth-order valence-electron chi connectivity index (χ4n) is 3.40. The molecule has 0 spiro atoms. The molecule has 1 aliphatic heterocycles. The third-order valence-electron chi connectivity index (χ3n) is 5.56. The number of allylic oxidation sites excluding steroid dienone is 1. The van der Waals surface area contributed by atoms with Gasteiger partial charge in [0.1, 0.15) is 11.4 Å². The number of hydrogen-bond donors (Lipinski definition) is 1. The van der Waals surface area contributed by atoms with Crippen molar-refractivity contribution in [3.05, 3.63) is 47.8 Å². The van der Waals surface area contributed by atoms with Crippen LogP contribution in [0.2, 0.25) is 0 Å². The van der Waals surface area contributed by atoms with Crippen molar-refractivity contribution >= 4 is 42.0 Å². The maximum absolute atomic E-state index is 13.2. The molecule has 0 atom stereocenters. The van der Waals surface area contributed by atoms with Crippen LogP contribution in [0.15, 0.2) is 57.7 Å². The average molecular weight is 495 g/mol. The summed E-state index contributed by atoms with van der Waals surface area (Å²) in [6, 6.07) is 4.46. The van der Waals surface area contributed by atoms with Gasteiger partial charge in [0, 0.05) is 17.4 Å². The summed E-state index contributed by atoms with van der Waals surface area (Å²) in [4.78, 5) is 44.5. The first-order valence-corrected chi connectivity index (χ1v) is 11.4. The fraction of sp³-hybridized carbons (Fsp3) is 0.391. The minimum Gasteiger partial charge on any atom is -0.310 e.